The maximum atomic E-state index is 13.6. The van der Waals surface area contributed by atoms with Crippen LogP contribution in [0, 0.1) is 5.82 Å². The molecular weight excluding hydrogens is 254 g/mol. The molecule has 2 rings (SSSR count). The summed E-state index contributed by atoms with van der Waals surface area (Å²) in [4.78, 5) is 23.8. The normalized spacial score (nSPS) is 31.8. The number of H-pyrrole nitrogens is 1. The van der Waals surface area contributed by atoms with Gasteiger partial charge in [-0.25, -0.2) is 13.8 Å². The summed E-state index contributed by atoms with van der Waals surface area (Å²) in [5.41, 5.74) is -2.50. The number of aliphatic hydroxyl groups excluding tert-OH is 1. The topological polar surface area (TPSA) is 105 Å². The molecule has 9 heteroatoms. The first-order chi connectivity index (χ1) is 8.38. The van der Waals surface area contributed by atoms with Crippen molar-refractivity contribution in [3.63, 3.8) is 0 Å². The molecule has 100 valence electrons. The van der Waals surface area contributed by atoms with Crippen molar-refractivity contribution >= 4 is 0 Å². The number of hydrogen-bond acceptors (Lipinski definition) is 5. The smallest absolute Gasteiger partial charge is 0.332 e. The third kappa shape index (κ3) is 1.85. The van der Waals surface area contributed by atoms with E-state index in [9.17, 15) is 23.5 Å². The van der Waals surface area contributed by atoms with Crippen LogP contribution in [0.3, 0.4) is 0 Å². The van der Waals surface area contributed by atoms with Crippen LogP contribution in [-0.2, 0) is 10.6 Å². The molecule has 0 unspecified atom stereocenters. The minimum Gasteiger partial charge on any atom is -0.394 e. The number of rotatable bonds is 2. The fraction of sp³-hybridized carbons (Fsp3) is 0.556. The highest BCUT2D eigenvalue weighted by Crippen LogP contribution is 2.33. The van der Waals surface area contributed by atoms with Crippen LogP contribution in [0.25, 0.3) is 0 Å². The Morgan fingerprint density at radius 1 is 1.61 bits per heavy atom. The molecule has 0 bridgehead atoms. The summed E-state index contributed by atoms with van der Waals surface area (Å²) in [5, 5.41) is 18.7. The molecule has 1 aliphatic heterocycles. The van der Waals surface area contributed by atoms with E-state index in [-0.39, 0.29) is 11.0 Å². The van der Waals surface area contributed by atoms with Crippen molar-refractivity contribution in [2.75, 3.05) is 6.61 Å². The van der Waals surface area contributed by atoms with E-state index in [0.717, 1.165) is 0 Å². The largest absolute Gasteiger partial charge is 0.394 e. The Morgan fingerprint density at radius 3 is 2.83 bits per heavy atom. The van der Waals surface area contributed by atoms with Crippen LogP contribution in [0.1, 0.15) is 6.42 Å². The molecule has 0 aliphatic carbocycles. The van der Waals surface area contributed by atoms with E-state index in [1.165, 1.54) is 0 Å². The molecule has 2 heterocycles. The Balaban J connectivity index is 2.51. The Bertz CT molecular complexity index is 571. The van der Waals surface area contributed by atoms with Gasteiger partial charge in [0.25, 0.3) is 11.5 Å². The first kappa shape index (κ1) is 12.9. The van der Waals surface area contributed by atoms with Gasteiger partial charge in [-0.15, -0.1) is 0 Å². The molecule has 7 nitrogen and oxygen atoms in total. The van der Waals surface area contributed by atoms with Crippen molar-refractivity contribution in [1.29, 1.82) is 0 Å². The minimum absolute atomic E-state index is 0.212. The average Bonchev–Trinajstić information content (AvgIpc) is 2.61. The molecule has 0 spiro atoms. The number of aliphatic hydroxyl groups is 2. The summed E-state index contributed by atoms with van der Waals surface area (Å²) >= 11 is 0. The second kappa shape index (κ2) is 4.26. The summed E-state index contributed by atoms with van der Waals surface area (Å²) in [7, 11) is 0. The molecule has 1 saturated heterocycles. The summed E-state index contributed by atoms with van der Waals surface area (Å²) in [6.07, 6.45) is -3.07. The molecule has 3 N–H and O–H groups in total. The van der Waals surface area contributed by atoms with Crippen molar-refractivity contribution in [2.45, 2.75) is 24.6 Å². The van der Waals surface area contributed by atoms with E-state index in [1.807, 2.05) is 0 Å². The van der Waals surface area contributed by atoms with Gasteiger partial charge < -0.3 is 14.9 Å². The van der Waals surface area contributed by atoms with E-state index in [1.54, 1.807) is 4.98 Å². The summed E-state index contributed by atoms with van der Waals surface area (Å²) < 4.78 is 31.7. The first-order valence-electron chi connectivity index (χ1n) is 5.05. The van der Waals surface area contributed by atoms with Crippen LogP contribution in [0.15, 0.2) is 15.8 Å². The molecule has 0 amide bonds. The molecule has 0 saturated carbocycles. The molecule has 1 aromatic heterocycles. The van der Waals surface area contributed by atoms with Crippen LogP contribution in [0.5, 0.6) is 0 Å². The van der Waals surface area contributed by atoms with Gasteiger partial charge in [-0.2, -0.15) is 4.39 Å². The highest BCUT2D eigenvalue weighted by atomic mass is 19.1. The molecule has 3 atom stereocenters. The molecule has 1 aliphatic rings. The Kier molecular flexibility index (Phi) is 3.05. The van der Waals surface area contributed by atoms with Gasteiger partial charge in [-0.05, 0) is 0 Å². The van der Waals surface area contributed by atoms with E-state index < -0.39 is 41.9 Å². The number of hydrogen-bond donors (Lipinski definition) is 3. The predicted octanol–water partition coefficient (Wildman–Crippen LogP) is -1.60. The standard InChI is InChI=1S/C9H10F2N2O5/c10-5-2-13(8(16)12-7(5)15)9(17)6(11)1-4(3-14)18-9/h2,4,6,14,17H,1,3H2,(H,12,15,16)/t4-,6+,9-/m1/s1. The van der Waals surface area contributed by atoms with Gasteiger partial charge in [0.2, 0.25) is 5.82 Å². The average molecular weight is 264 g/mol. The molecule has 1 fully saturated rings. The molecule has 1 aromatic rings. The number of aromatic nitrogens is 2. The van der Waals surface area contributed by atoms with Gasteiger partial charge in [-0.3, -0.25) is 9.78 Å². The molecular formula is C9H10F2N2O5. The maximum Gasteiger partial charge on any atom is 0.332 e. The lowest BCUT2D eigenvalue weighted by atomic mass is 10.2. The van der Waals surface area contributed by atoms with Crippen molar-refractivity contribution in [3.8, 4) is 0 Å². The summed E-state index contributed by atoms with van der Waals surface area (Å²) in [6, 6.07) is 0. The monoisotopic (exact) mass is 264 g/mol. The quantitative estimate of drug-likeness (QED) is 0.596. The first-order valence-corrected chi connectivity index (χ1v) is 5.05. The Morgan fingerprint density at radius 2 is 2.28 bits per heavy atom. The number of nitrogens with one attached hydrogen (secondary N) is 1. The van der Waals surface area contributed by atoms with Gasteiger partial charge in [0.1, 0.15) is 0 Å². The number of nitrogens with zero attached hydrogens (tertiary/aromatic N) is 1. The highest BCUT2D eigenvalue weighted by Gasteiger charge is 2.50. The minimum atomic E-state index is -2.74. The van der Waals surface area contributed by atoms with Gasteiger partial charge in [-0.1, -0.05) is 0 Å². The second-order valence-electron chi connectivity index (χ2n) is 3.89. The van der Waals surface area contributed by atoms with Gasteiger partial charge in [0, 0.05) is 6.42 Å². The Hall–Kier alpha value is -1.58. The molecule has 0 aromatic carbocycles. The van der Waals surface area contributed by atoms with E-state index in [2.05, 4.69) is 0 Å². The van der Waals surface area contributed by atoms with Crippen LogP contribution in [0.4, 0.5) is 8.78 Å². The summed E-state index contributed by atoms with van der Waals surface area (Å²) in [5.74, 6) is -4.11. The van der Waals surface area contributed by atoms with Crippen molar-refractivity contribution in [1.82, 2.24) is 9.55 Å². The van der Waals surface area contributed by atoms with Crippen molar-refractivity contribution in [3.05, 3.63) is 32.9 Å². The predicted molar refractivity (Wildman–Crippen MR) is 52.9 cm³/mol. The molecule has 18 heavy (non-hydrogen) atoms. The zero-order valence-electron chi connectivity index (χ0n) is 8.97. The Labute approximate surface area is 98.3 Å². The van der Waals surface area contributed by atoms with Crippen LogP contribution in [-0.4, -0.2) is 38.6 Å². The number of alkyl halides is 1. The second-order valence-corrected chi connectivity index (χ2v) is 3.89. The lowest BCUT2D eigenvalue weighted by molar-refractivity contribution is -0.279. The third-order valence-electron chi connectivity index (χ3n) is 2.67. The van der Waals surface area contributed by atoms with Crippen molar-refractivity contribution < 1.29 is 23.7 Å². The number of aromatic amines is 1. The van der Waals surface area contributed by atoms with E-state index in [0.29, 0.717) is 6.20 Å². The zero-order valence-corrected chi connectivity index (χ0v) is 8.97. The lowest BCUT2D eigenvalue weighted by Gasteiger charge is -2.26. The third-order valence-corrected chi connectivity index (χ3v) is 2.67. The fourth-order valence-corrected chi connectivity index (χ4v) is 1.76. The van der Waals surface area contributed by atoms with Crippen LogP contribution in [0.2, 0.25) is 0 Å². The SMILES string of the molecule is O=c1[nH]c(=O)n([C@]2(O)O[C@@H](CO)C[C@@H]2F)cc1F. The lowest BCUT2D eigenvalue weighted by Crippen LogP contribution is -2.49. The zero-order chi connectivity index (χ0) is 13.5. The van der Waals surface area contributed by atoms with Gasteiger partial charge in [0.05, 0.1) is 18.9 Å². The highest BCUT2D eigenvalue weighted by molar-refractivity contribution is 4.94. The van der Waals surface area contributed by atoms with Gasteiger partial charge >= 0.3 is 5.69 Å². The number of halogens is 2. The fourth-order valence-electron chi connectivity index (χ4n) is 1.76. The van der Waals surface area contributed by atoms with Crippen LogP contribution >= 0.6 is 0 Å². The van der Waals surface area contributed by atoms with Gasteiger partial charge in [0.15, 0.2) is 6.17 Å². The van der Waals surface area contributed by atoms with E-state index >= 15 is 0 Å². The maximum absolute atomic E-state index is 13.6. The van der Waals surface area contributed by atoms with Crippen molar-refractivity contribution in [2.24, 2.45) is 0 Å². The number of ether oxygens (including phenoxy) is 1. The molecule has 0 radical (unpaired) electrons. The van der Waals surface area contributed by atoms with Crippen LogP contribution < -0.4 is 11.2 Å². The summed E-state index contributed by atoms with van der Waals surface area (Å²) in [6.45, 7) is -0.566. The van der Waals surface area contributed by atoms with E-state index in [4.69, 9.17) is 9.84 Å².